The van der Waals surface area contributed by atoms with E-state index in [-0.39, 0.29) is 18.0 Å². The first kappa shape index (κ1) is 17.2. The normalized spacial score (nSPS) is 11.2. The van der Waals surface area contributed by atoms with Gasteiger partial charge in [0, 0.05) is 36.3 Å². The molecule has 3 N–H and O–H groups in total. The van der Waals surface area contributed by atoms with Crippen molar-refractivity contribution < 1.29 is 14.3 Å². The van der Waals surface area contributed by atoms with Gasteiger partial charge in [0.15, 0.2) is 0 Å². The summed E-state index contributed by atoms with van der Waals surface area (Å²) >= 11 is 0. The number of hydrogen-bond acceptors (Lipinski definition) is 4. The Labute approximate surface area is 139 Å². The maximum absolute atomic E-state index is 12.0. The third-order valence-corrected chi connectivity index (χ3v) is 3.45. The number of aromatic nitrogens is 1. The highest BCUT2D eigenvalue weighted by Gasteiger charge is 2.12. The van der Waals surface area contributed by atoms with Crippen LogP contribution in [0.25, 0.3) is 17.0 Å². The van der Waals surface area contributed by atoms with E-state index in [0.29, 0.717) is 18.7 Å². The second-order valence-corrected chi connectivity index (χ2v) is 5.11. The van der Waals surface area contributed by atoms with E-state index in [1.54, 1.807) is 23.9 Å². The lowest BCUT2D eigenvalue weighted by atomic mass is 10.1. The van der Waals surface area contributed by atoms with Gasteiger partial charge in [0.25, 0.3) is 5.91 Å². The Bertz CT molecular complexity index is 830. The highest BCUT2D eigenvalue weighted by atomic mass is 16.5. The molecule has 124 valence electrons. The van der Waals surface area contributed by atoms with Gasteiger partial charge in [-0.3, -0.25) is 9.59 Å². The molecule has 2 aromatic rings. The van der Waals surface area contributed by atoms with E-state index < -0.39 is 5.91 Å². The number of nitrogens with zero attached hydrogens (tertiary/aromatic N) is 2. The quantitative estimate of drug-likeness (QED) is 0.445. The smallest absolute Gasteiger partial charge is 0.259 e. The minimum absolute atomic E-state index is 0.122. The van der Waals surface area contributed by atoms with Crippen molar-refractivity contribution in [3.05, 3.63) is 41.6 Å². The van der Waals surface area contributed by atoms with Crippen LogP contribution < -0.4 is 11.1 Å². The Balaban J connectivity index is 2.34. The summed E-state index contributed by atoms with van der Waals surface area (Å²) in [5.41, 5.74) is 6.53. The molecule has 24 heavy (non-hydrogen) atoms. The predicted molar refractivity (Wildman–Crippen MR) is 89.6 cm³/mol. The van der Waals surface area contributed by atoms with Gasteiger partial charge in [0.1, 0.15) is 18.2 Å². The van der Waals surface area contributed by atoms with E-state index in [2.05, 4.69) is 5.32 Å². The number of nitrogens with two attached hydrogens (primary N) is 1. The number of methoxy groups -OCH3 is 1. The first-order chi connectivity index (χ1) is 11.6. The van der Waals surface area contributed by atoms with Crippen LogP contribution in [0.3, 0.4) is 0 Å². The Hall–Kier alpha value is -3.11. The van der Waals surface area contributed by atoms with E-state index in [0.717, 1.165) is 10.9 Å². The second kappa shape index (κ2) is 7.94. The van der Waals surface area contributed by atoms with Crippen LogP contribution in [-0.2, 0) is 20.9 Å². The molecular weight excluding hydrogens is 308 g/mol. The van der Waals surface area contributed by atoms with Gasteiger partial charge in [-0.25, -0.2) is 0 Å². The number of para-hydroxylation sites is 1. The summed E-state index contributed by atoms with van der Waals surface area (Å²) in [6.45, 7) is 0.994. The molecule has 2 rings (SSSR count). The number of fused-ring (bicyclic) bond motifs is 1. The molecule has 0 saturated carbocycles. The van der Waals surface area contributed by atoms with Crippen molar-refractivity contribution in [3.8, 4) is 6.07 Å². The lowest BCUT2D eigenvalue weighted by molar-refractivity contribution is -0.121. The lowest BCUT2D eigenvalue weighted by Crippen LogP contribution is -2.30. The predicted octanol–water partition coefficient (Wildman–Crippen LogP) is 0.796. The van der Waals surface area contributed by atoms with Crippen molar-refractivity contribution in [2.24, 2.45) is 5.73 Å². The highest BCUT2D eigenvalue weighted by molar-refractivity contribution is 6.03. The van der Waals surface area contributed by atoms with E-state index >= 15 is 0 Å². The Morgan fingerprint density at radius 1 is 1.42 bits per heavy atom. The fourth-order valence-corrected chi connectivity index (χ4v) is 2.34. The molecule has 7 nitrogen and oxygen atoms in total. The summed E-state index contributed by atoms with van der Waals surface area (Å²) in [5, 5.41) is 12.6. The van der Waals surface area contributed by atoms with Crippen LogP contribution in [0.15, 0.2) is 36.0 Å². The van der Waals surface area contributed by atoms with Crippen molar-refractivity contribution in [3.63, 3.8) is 0 Å². The average Bonchev–Trinajstić information content (AvgIpc) is 2.90. The SMILES string of the molecule is COCCNC(=O)Cn1cc(C=C(C#N)C(N)=O)c2ccccc21. The second-order valence-electron chi connectivity index (χ2n) is 5.11. The topological polar surface area (TPSA) is 110 Å². The third kappa shape index (κ3) is 4.00. The molecule has 0 aliphatic rings. The number of ether oxygens (including phenoxy) is 1. The number of benzene rings is 1. The summed E-state index contributed by atoms with van der Waals surface area (Å²) < 4.78 is 6.65. The van der Waals surface area contributed by atoms with Gasteiger partial charge in [-0.15, -0.1) is 0 Å². The molecule has 0 saturated heterocycles. The molecular formula is C17H18N4O3. The van der Waals surface area contributed by atoms with Crippen molar-refractivity contribution in [2.45, 2.75) is 6.54 Å². The number of hydrogen-bond donors (Lipinski definition) is 2. The van der Waals surface area contributed by atoms with Gasteiger partial charge < -0.3 is 20.4 Å². The Morgan fingerprint density at radius 2 is 2.17 bits per heavy atom. The number of carbonyl (C=O) groups excluding carboxylic acids is 2. The molecule has 0 aliphatic carbocycles. The van der Waals surface area contributed by atoms with Gasteiger partial charge in [-0.1, -0.05) is 18.2 Å². The first-order valence-electron chi connectivity index (χ1n) is 7.32. The summed E-state index contributed by atoms with van der Waals surface area (Å²) in [4.78, 5) is 23.2. The van der Waals surface area contributed by atoms with E-state index in [1.807, 2.05) is 24.3 Å². The van der Waals surface area contributed by atoms with Gasteiger partial charge in [-0.2, -0.15) is 5.26 Å². The molecule has 0 fully saturated rings. The highest BCUT2D eigenvalue weighted by Crippen LogP contribution is 2.23. The zero-order chi connectivity index (χ0) is 17.5. The van der Waals surface area contributed by atoms with Crippen molar-refractivity contribution >= 4 is 28.8 Å². The molecule has 0 aliphatic heterocycles. The van der Waals surface area contributed by atoms with Gasteiger partial charge >= 0.3 is 0 Å². The van der Waals surface area contributed by atoms with Crippen LogP contribution in [0.5, 0.6) is 0 Å². The molecule has 0 bridgehead atoms. The summed E-state index contributed by atoms with van der Waals surface area (Å²) in [7, 11) is 1.57. The third-order valence-electron chi connectivity index (χ3n) is 3.45. The maximum Gasteiger partial charge on any atom is 0.259 e. The van der Waals surface area contributed by atoms with Gasteiger partial charge in [-0.05, 0) is 12.1 Å². The monoisotopic (exact) mass is 326 g/mol. The lowest BCUT2D eigenvalue weighted by Gasteiger charge is -2.06. The number of primary amides is 1. The molecule has 0 radical (unpaired) electrons. The molecule has 0 atom stereocenters. The molecule has 2 amide bonds. The van der Waals surface area contributed by atoms with E-state index in [9.17, 15) is 9.59 Å². The van der Waals surface area contributed by atoms with Crippen LogP contribution in [0.4, 0.5) is 0 Å². The van der Waals surface area contributed by atoms with E-state index in [4.69, 9.17) is 15.7 Å². The summed E-state index contributed by atoms with van der Waals surface area (Å²) in [5.74, 6) is -0.939. The molecule has 1 aromatic carbocycles. The zero-order valence-corrected chi connectivity index (χ0v) is 13.3. The van der Waals surface area contributed by atoms with Crippen molar-refractivity contribution in [1.29, 1.82) is 5.26 Å². The summed E-state index contributed by atoms with van der Waals surface area (Å²) in [6, 6.07) is 9.21. The Morgan fingerprint density at radius 3 is 2.83 bits per heavy atom. The number of amides is 2. The number of rotatable bonds is 7. The van der Waals surface area contributed by atoms with Crippen LogP contribution in [0, 0.1) is 11.3 Å². The first-order valence-corrected chi connectivity index (χ1v) is 7.32. The molecule has 7 heteroatoms. The Kier molecular flexibility index (Phi) is 5.71. The summed E-state index contributed by atoms with van der Waals surface area (Å²) in [6.07, 6.45) is 3.16. The van der Waals surface area contributed by atoms with Crippen LogP contribution >= 0.6 is 0 Å². The van der Waals surface area contributed by atoms with Gasteiger partial charge in [0.05, 0.1) is 6.61 Å². The minimum Gasteiger partial charge on any atom is -0.383 e. The van der Waals surface area contributed by atoms with Crippen LogP contribution in [-0.4, -0.2) is 36.6 Å². The molecule has 0 spiro atoms. The molecule has 0 unspecified atom stereocenters. The van der Waals surface area contributed by atoms with Crippen molar-refractivity contribution in [1.82, 2.24) is 9.88 Å². The largest absolute Gasteiger partial charge is 0.383 e. The van der Waals surface area contributed by atoms with E-state index in [1.165, 1.54) is 6.08 Å². The fourth-order valence-electron chi connectivity index (χ4n) is 2.34. The number of nitriles is 1. The number of carbonyl (C=O) groups is 2. The van der Waals surface area contributed by atoms with Crippen LogP contribution in [0.1, 0.15) is 5.56 Å². The molecule has 1 aromatic heterocycles. The van der Waals surface area contributed by atoms with Gasteiger partial charge in [0.2, 0.25) is 5.91 Å². The minimum atomic E-state index is -0.786. The number of nitrogens with one attached hydrogen (secondary N) is 1. The van der Waals surface area contributed by atoms with Crippen LogP contribution in [0.2, 0.25) is 0 Å². The fraction of sp³-hybridized carbons (Fsp3) is 0.235. The standard InChI is InChI=1S/C17H18N4O3/c1-24-7-6-20-16(22)11-21-10-13(8-12(9-18)17(19)23)14-4-2-3-5-15(14)21/h2-5,8,10H,6-7,11H2,1H3,(H2,19,23)(H,20,22). The molecule has 1 heterocycles. The average molecular weight is 326 g/mol. The van der Waals surface area contributed by atoms with Crippen molar-refractivity contribution in [2.75, 3.05) is 20.3 Å². The maximum atomic E-state index is 12.0. The zero-order valence-electron chi connectivity index (χ0n) is 13.3.